The van der Waals surface area contributed by atoms with Gasteiger partial charge in [-0.05, 0) is 26.2 Å². The molecule has 2 aromatic rings. The first-order valence-electron chi connectivity index (χ1n) is 14.0. The van der Waals surface area contributed by atoms with E-state index in [-0.39, 0.29) is 64.0 Å². The molecule has 2 aliphatic rings. The third-order valence-electron chi connectivity index (χ3n) is 7.13. The molecule has 2 amide bonds. The Balaban J connectivity index is 1.53. The van der Waals surface area contributed by atoms with Crippen LogP contribution in [0.3, 0.4) is 0 Å². The maximum absolute atomic E-state index is 13.6. The van der Waals surface area contributed by atoms with E-state index in [1.54, 1.807) is 6.92 Å². The van der Waals surface area contributed by atoms with E-state index in [1.165, 1.54) is 16.0 Å². The number of ether oxygens (including phenoxy) is 1. The molecule has 0 aliphatic carbocycles. The molecule has 14 heteroatoms. The number of aliphatic hydroxyl groups is 1. The molecular formula is C28H36N6O8. The number of carboxylic acids is 1. The number of hydrogen-bond donors (Lipinski definition) is 3. The Morgan fingerprint density at radius 2 is 1.81 bits per heavy atom. The number of piperazine rings is 1. The first-order valence-corrected chi connectivity index (χ1v) is 14.0. The van der Waals surface area contributed by atoms with Crippen LogP contribution in [0.4, 0.5) is 10.6 Å². The van der Waals surface area contributed by atoms with Crippen LogP contribution in [0.5, 0.6) is 0 Å². The van der Waals surface area contributed by atoms with Gasteiger partial charge in [0.05, 0.1) is 32.3 Å². The number of nitrogens with one attached hydrogen (secondary N) is 1. The number of nitrogens with zero attached hydrogens (tertiary/aromatic N) is 5. The highest BCUT2D eigenvalue weighted by Crippen LogP contribution is 2.27. The minimum Gasteiger partial charge on any atom is -0.481 e. The molecule has 0 spiro atoms. The van der Waals surface area contributed by atoms with Crippen molar-refractivity contribution in [3.63, 3.8) is 0 Å². The lowest BCUT2D eigenvalue weighted by Crippen LogP contribution is -2.55. The summed E-state index contributed by atoms with van der Waals surface area (Å²) in [5, 5.41) is 23.2. The summed E-state index contributed by atoms with van der Waals surface area (Å²) >= 11 is 0. The number of carbonyl (C=O) groups is 4. The second-order valence-corrected chi connectivity index (χ2v) is 9.96. The molecule has 226 valence electrons. The van der Waals surface area contributed by atoms with Gasteiger partial charge >= 0.3 is 12.1 Å². The normalized spacial score (nSPS) is 17.9. The van der Waals surface area contributed by atoms with E-state index in [4.69, 9.17) is 9.57 Å². The summed E-state index contributed by atoms with van der Waals surface area (Å²) in [7, 11) is 0. The molecule has 0 unspecified atom stereocenters. The second kappa shape index (κ2) is 14.5. The lowest BCUT2D eigenvalue weighted by molar-refractivity contribution is -0.157. The van der Waals surface area contributed by atoms with E-state index in [9.17, 15) is 29.4 Å². The zero-order valence-corrected chi connectivity index (χ0v) is 23.5. The van der Waals surface area contributed by atoms with Gasteiger partial charge in [0.2, 0.25) is 5.91 Å². The minimum absolute atomic E-state index is 0.0169. The highest BCUT2D eigenvalue weighted by atomic mass is 16.8. The molecule has 1 aromatic carbocycles. The maximum atomic E-state index is 13.6. The Hall–Kier alpha value is -4.30. The average Bonchev–Trinajstić information content (AvgIpc) is 3.49. The van der Waals surface area contributed by atoms with E-state index in [0.29, 0.717) is 23.8 Å². The minimum atomic E-state index is -1.12. The van der Waals surface area contributed by atoms with Gasteiger partial charge in [0.15, 0.2) is 5.82 Å². The number of hydroxylamine groups is 2. The second-order valence-electron chi connectivity index (χ2n) is 9.96. The van der Waals surface area contributed by atoms with Crippen LogP contribution in [0.15, 0.2) is 36.4 Å². The van der Waals surface area contributed by atoms with Crippen LogP contribution in [-0.4, -0.2) is 112 Å². The Morgan fingerprint density at radius 1 is 1.07 bits per heavy atom. The standard InChI is InChI=1S/C28H36N6O8/c1-2-41-28(40)42-33-15-13-32(14-16-33)27(39)21(10-11-24(36)37)30-26(38)22-17-23(34-12-6-9-20(34)18-35)31-25(29-22)19-7-4-3-5-8-19/h3-5,7-8,17,20-21,35H,2,6,9-16,18H2,1H3,(H,30,38)(H,36,37)/t20-,21+/m1/s1. The van der Waals surface area contributed by atoms with Gasteiger partial charge in [-0.25, -0.2) is 14.8 Å². The lowest BCUT2D eigenvalue weighted by atomic mass is 10.1. The smallest absolute Gasteiger partial charge is 0.481 e. The summed E-state index contributed by atoms with van der Waals surface area (Å²) in [5.74, 6) is -1.40. The van der Waals surface area contributed by atoms with Gasteiger partial charge in [-0.15, -0.1) is 5.06 Å². The molecule has 2 fully saturated rings. The van der Waals surface area contributed by atoms with Crippen molar-refractivity contribution < 1.29 is 39.0 Å². The number of carbonyl (C=O) groups excluding carboxylic acids is 3. The van der Waals surface area contributed by atoms with Crippen molar-refractivity contribution in [2.75, 3.05) is 50.8 Å². The Bertz CT molecular complexity index is 1250. The fourth-order valence-electron chi connectivity index (χ4n) is 4.97. The Labute approximate surface area is 243 Å². The molecule has 0 saturated carbocycles. The average molecular weight is 585 g/mol. The zero-order chi connectivity index (χ0) is 30.1. The third-order valence-corrected chi connectivity index (χ3v) is 7.13. The van der Waals surface area contributed by atoms with Crippen LogP contribution in [0.1, 0.15) is 43.1 Å². The summed E-state index contributed by atoms with van der Waals surface area (Å²) in [6.07, 6.45) is 0.358. The molecule has 2 saturated heterocycles. The molecule has 2 aliphatic heterocycles. The van der Waals surface area contributed by atoms with Gasteiger partial charge in [-0.2, -0.15) is 0 Å². The highest BCUT2D eigenvalue weighted by molar-refractivity contribution is 5.97. The lowest BCUT2D eigenvalue weighted by Gasteiger charge is -2.35. The molecule has 14 nitrogen and oxygen atoms in total. The van der Waals surface area contributed by atoms with Crippen molar-refractivity contribution in [3.8, 4) is 11.4 Å². The fourth-order valence-corrected chi connectivity index (χ4v) is 4.97. The molecule has 3 heterocycles. The summed E-state index contributed by atoms with van der Waals surface area (Å²) < 4.78 is 4.77. The van der Waals surface area contributed by atoms with Crippen molar-refractivity contribution in [3.05, 3.63) is 42.1 Å². The van der Waals surface area contributed by atoms with Crippen LogP contribution in [0, 0.1) is 0 Å². The van der Waals surface area contributed by atoms with Crippen LogP contribution >= 0.6 is 0 Å². The quantitative estimate of drug-likeness (QED) is 0.323. The number of carboxylic acid groups (broad SMARTS) is 1. The molecular weight excluding hydrogens is 548 g/mol. The first kappa shape index (κ1) is 30.7. The van der Waals surface area contributed by atoms with E-state index < -0.39 is 30.0 Å². The highest BCUT2D eigenvalue weighted by Gasteiger charge is 2.32. The number of amides is 2. The number of benzene rings is 1. The summed E-state index contributed by atoms with van der Waals surface area (Å²) in [6, 6.07) is 9.41. The summed E-state index contributed by atoms with van der Waals surface area (Å²) in [4.78, 5) is 67.6. The van der Waals surface area contributed by atoms with Crippen LogP contribution < -0.4 is 10.2 Å². The van der Waals surface area contributed by atoms with Gasteiger partial charge in [-0.3, -0.25) is 14.4 Å². The van der Waals surface area contributed by atoms with E-state index in [2.05, 4.69) is 15.3 Å². The van der Waals surface area contributed by atoms with Gasteiger partial charge in [0.25, 0.3) is 5.91 Å². The third kappa shape index (κ3) is 7.91. The van der Waals surface area contributed by atoms with Crippen LogP contribution in [0.2, 0.25) is 0 Å². The van der Waals surface area contributed by atoms with E-state index >= 15 is 0 Å². The van der Waals surface area contributed by atoms with Crippen molar-refractivity contribution in [2.24, 2.45) is 0 Å². The Kier molecular flexibility index (Phi) is 10.6. The molecule has 0 bridgehead atoms. The van der Waals surface area contributed by atoms with Crippen molar-refractivity contribution in [1.29, 1.82) is 0 Å². The number of anilines is 1. The fraction of sp³-hybridized carbons (Fsp3) is 0.500. The van der Waals surface area contributed by atoms with Crippen molar-refractivity contribution in [1.82, 2.24) is 25.2 Å². The predicted molar refractivity (Wildman–Crippen MR) is 149 cm³/mol. The van der Waals surface area contributed by atoms with Gasteiger partial charge < -0.3 is 34.9 Å². The van der Waals surface area contributed by atoms with E-state index in [1.807, 2.05) is 35.2 Å². The zero-order valence-electron chi connectivity index (χ0n) is 23.5. The van der Waals surface area contributed by atoms with Gasteiger partial charge in [0.1, 0.15) is 17.6 Å². The first-order chi connectivity index (χ1) is 20.3. The van der Waals surface area contributed by atoms with Crippen LogP contribution in [-0.2, 0) is 19.2 Å². The molecule has 0 radical (unpaired) electrons. The Morgan fingerprint density at radius 3 is 2.48 bits per heavy atom. The summed E-state index contributed by atoms with van der Waals surface area (Å²) in [5.41, 5.74) is 0.706. The van der Waals surface area contributed by atoms with Gasteiger partial charge in [0, 0.05) is 37.7 Å². The van der Waals surface area contributed by atoms with Crippen molar-refractivity contribution in [2.45, 2.75) is 44.7 Å². The van der Waals surface area contributed by atoms with Gasteiger partial charge in [-0.1, -0.05) is 30.3 Å². The maximum Gasteiger partial charge on any atom is 0.527 e. The summed E-state index contributed by atoms with van der Waals surface area (Å²) in [6.45, 7) is 3.27. The topological polar surface area (TPSA) is 175 Å². The number of aromatic nitrogens is 2. The van der Waals surface area contributed by atoms with Crippen molar-refractivity contribution >= 4 is 29.8 Å². The predicted octanol–water partition coefficient (Wildman–Crippen LogP) is 1.30. The largest absolute Gasteiger partial charge is 0.527 e. The number of rotatable bonds is 11. The number of aliphatic carboxylic acids is 1. The SMILES string of the molecule is CCOC(=O)ON1CCN(C(=O)[C@H](CCC(=O)O)NC(=O)c2cc(N3CCC[C@@H]3CO)nc(-c3ccccc3)n2)CC1. The van der Waals surface area contributed by atoms with E-state index in [0.717, 1.165) is 12.8 Å². The monoisotopic (exact) mass is 584 g/mol. The van der Waals surface area contributed by atoms with Crippen LogP contribution in [0.25, 0.3) is 11.4 Å². The molecule has 4 rings (SSSR count). The molecule has 3 N–H and O–H groups in total. The number of aliphatic hydroxyl groups excluding tert-OH is 1. The molecule has 2 atom stereocenters. The number of hydrogen-bond acceptors (Lipinski definition) is 11. The molecule has 42 heavy (non-hydrogen) atoms. The molecule has 1 aromatic heterocycles.